The normalized spacial score (nSPS) is 12.2. The monoisotopic (exact) mass is 166 g/mol. The zero-order valence-corrected chi connectivity index (χ0v) is 9.10. The van der Waals surface area contributed by atoms with Crippen molar-refractivity contribution in [3.63, 3.8) is 0 Å². The van der Waals surface area contributed by atoms with Crippen LogP contribution >= 0.6 is 0 Å². The Morgan fingerprint density at radius 3 is 2.18 bits per heavy atom. The number of hydrogen-bond acceptors (Lipinski definition) is 2. The Hall–Kier alpha value is 0.154. The summed E-state index contributed by atoms with van der Waals surface area (Å²) in [6.07, 6.45) is 0. The quantitative estimate of drug-likeness (QED) is 0.362. The van der Waals surface area contributed by atoms with E-state index in [4.69, 9.17) is 4.74 Å². The summed E-state index contributed by atoms with van der Waals surface area (Å²) in [5, 5.41) is 10.8. The topological polar surface area (TPSA) is 32.3 Å². The fraction of sp³-hybridized carbons (Fsp3) is 0.714. The van der Waals surface area contributed by atoms with Gasteiger partial charge in [0.05, 0.1) is 8.07 Å². The molecule has 0 bridgehead atoms. The molecule has 0 aromatic carbocycles. The van der Waals surface area contributed by atoms with Crippen LogP contribution in [-0.4, -0.2) is 14.7 Å². The van der Waals surface area contributed by atoms with Gasteiger partial charge in [0.2, 0.25) is 0 Å². The zero-order valence-electron chi connectivity index (χ0n) is 8.10. The molecular formula is C7H15LiO2Si. The van der Waals surface area contributed by atoms with Gasteiger partial charge in [0, 0.05) is 5.95 Å². The Morgan fingerprint density at radius 1 is 1.45 bits per heavy atom. The van der Waals surface area contributed by atoms with Gasteiger partial charge < -0.3 is 9.84 Å². The molecule has 2 nitrogen and oxygen atoms in total. The maximum absolute atomic E-state index is 10.8. The molecule has 0 aliphatic heterocycles. The third kappa shape index (κ3) is 10.2. The molecule has 0 aromatic heterocycles. The van der Waals surface area contributed by atoms with Gasteiger partial charge in [-0.15, -0.1) is 0 Å². The Bertz CT molecular complexity index is 129. The van der Waals surface area contributed by atoms with Gasteiger partial charge in [-0.05, 0) is 6.61 Å². The minimum absolute atomic E-state index is 0. The average molecular weight is 166 g/mol. The first-order valence-corrected chi connectivity index (χ1v) is 7.06. The first-order chi connectivity index (χ1) is 4.45. The molecule has 0 rings (SSSR count). The second-order valence-corrected chi connectivity index (χ2v) is 8.28. The number of hydrogen-bond donors (Lipinski definition) is 0. The van der Waals surface area contributed by atoms with Crippen molar-refractivity contribution in [3.05, 3.63) is 11.6 Å². The zero-order chi connectivity index (χ0) is 8.20. The van der Waals surface area contributed by atoms with E-state index in [2.05, 4.69) is 19.6 Å². The van der Waals surface area contributed by atoms with E-state index in [0.29, 0.717) is 6.61 Å². The second-order valence-electron chi connectivity index (χ2n) is 3.26. The van der Waals surface area contributed by atoms with Gasteiger partial charge in [-0.25, -0.2) is 0 Å². The predicted octanol–water partition coefficient (Wildman–Crippen LogP) is -1.89. The van der Waals surface area contributed by atoms with Crippen LogP contribution in [0.1, 0.15) is 6.92 Å². The van der Waals surface area contributed by atoms with Crippen LogP contribution in [0, 0.1) is 0 Å². The summed E-state index contributed by atoms with van der Waals surface area (Å²) in [7, 11) is -1.36. The molecule has 0 spiro atoms. The summed E-state index contributed by atoms with van der Waals surface area (Å²) in [6, 6.07) is 0. The second kappa shape index (κ2) is 5.76. The summed E-state index contributed by atoms with van der Waals surface area (Å²) in [5.41, 5.74) is 1.72. The summed E-state index contributed by atoms with van der Waals surface area (Å²) in [5.74, 6) is -0.165. The molecule has 0 unspecified atom stereocenters. The van der Waals surface area contributed by atoms with E-state index in [9.17, 15) is 5.11 Å². The van der Waals surface area contributed by atoms with Crippen molar-refractivity contribution in [3.8, 4) is 0 Å². The SMILES string of the molecule is CCOC([O-])=C[Si](C)(C)C.[Li+]. The van der Waals surface area contributed by atoms with Crippen molar-refractivity contribution in [1.29, 1.82) is 0 Å². The van der Waals surface area contributed by atoms with Gasteiger partial charge in [-0.2, -0.15) is 0 Å². The predicted molar refractivity (Wildman–Crippen MR) is 43.1 cm³/mol. The summed E-state index contributed by atoms with van der Waals surface area (Å²) in [4.78, 5) is 0. The van der Waals surface area contributed by atoms with Crippen molar-refractivity contribution in [2.24, 2.45) is 0 Å². The van der Waals surface area contributed by atoms with Crippen molar-refractivity contribution in [2.45, 2.75) is 26.6 Å². The molecule has 0 aromatic rings. The van der Waals surface area contributed by atoms with Gasteiger partial charge in [0.15, 0.2) is 0 Å². The van der Waals surface area contributed by atoms with E-state index in [1.807, 2.05) is 6.92 Å². The average Bonchev–Trinajstić information content (AvgIpc) is 1.59. The Morgan fingerprint density at radius 2 is 1.91 bits per heavy atom. The smallest absolute Gasteiger partial charge is 0.614 e. The maximum Gasteiger partial charge on any atom is 1.00 e. The molecular weight excluding hydrogens is 151 g/mol. The minimum Gasteiger partial charge on any atom is -0.614 e. The largest absolute Gasteiger partial charge is 1.00 e. The van der Waals surface area contributed by atoms with Crippen molar-refractivity contribution in [2.75, 3.05) is 6.61 Å². The maximum atomic E-state index is 10.8. The molecule has 11 heavy (non-hydrogen) atoms. The van der Waals surface area contributed by atoms with E-state index in [0.717, 1.165) is 0 Å². The van der Waals surface area contributed by atoms with Crippen molar-refractivity contribution in [1.82, 2.24) is 0 Å². The Labute approximate surface area is 81.8 Å². The molecule has 0 fully saturated rings. The van der Waals surface area contributed by atoms with Gasteiger partial charge in [0.1, 0.15) is 0 Å². The van der Waals surface area contributed by atoms with Crippen LogP contribution in [0.2, 0.25) is 19.6 Å². The molecule has 0 radical (unpaired) electrons. The minimum atomic E-state index is -1.36. The molecule has 0 heterocycles. The van der Waals surface area contributed by atoms with Crippen molar-refractivity contribution >= 4 is 8.07 Å². The molecule has 0 N–H and O–H groups in total. The summed E-state index contributed by atoms with van der Waals surface area (Å²) < 4.78 is 4.76. The van der Waals surface area contributed by atoms with Gasteiger partial charge in [-0.1, -0.05) is 32.3 Å². The Kier molecular flexibility index (Phi) is 7.19. The number of rotatable bonds is 3. The molecule has 0 saturated carbocycles. The van der Waals surface area contributed by atoms with Crippen molar-refractivity contribution < 1.29 is 28.7 Å². The van der Waals surface area contributed by atoms with Crippen LogP contribution in [0.3, 0.4) is 0 Å². The van der Waals surface area contributed by atoms with Crippen LogP contribution < -0.4 is 24.0 Å². The molecule has 0 amide bonds. The molecule has 4 heteroatoms. The van der Waals surface area contributed by atoms with Crippen LogP contribution in [0.5, 0.6) is 0 Å². The molecule has 0 aliphatic rings. The van der Waals surface area contributed by atoms with Crippen LogP contribution in [0.15, 0.2) is 11.6 Å². The third-order valence-corrected chi connectivity index (χ3v) is 1.94. The standard InChI is InChI=1S/C7H16O2Si.Li/c1-5-9-7(8)6-10(2,3)4;/h6,8H,5H2,1-4H3;/q;+1/p-1. The molecule has 0 saturated heterocycles. The van der Waals surface area contributed by atoms with E-state index >= 15 is 0 Å². The van der Waals surface area contributed by atoms with Crippen LogP contribution in [0.4, 0.5) is 0 Å². The third-order valence-electron chi connectivity index (χ3n) is 0.837. The van der Waals surface area contributed by atoms with E-state index in [1.165, 1.54) is 0 Å². The fourth-order valence-electron chi connectivity index (χ4n) is 0.537. The van der Waals surface area contributed by atoms with E-state index < -0.39 is 8.07 Å². The first kappa shape index (κ1) is 13.7. The fourth-order valence-corrected chi connectivity index (χ4v) is 1.33. The van der Waals surface area contributed by atoms with Gasteiger partial charge in [-0.3, -0.25) is 0 Å². The van der Waals surface area contributed by atoms with Gasteiger partial charge >= 0.3 is 18.9 Å². The van der Waals surface area contributed by atoms with E-state index in [-0.39, 0.29) is 24.8 Å². The Balaban J connectivity index is 0. The molecule has 0 atom stereocenters. The number of ether oxygens (including phenoxy) is 1. The van der Waals surface area contributed by atoms with Gasteiger partial charge in [0.25, 0.3) is 0 Å². The van der Waals surface area contributed by atoms with Crippen LogP contribution in [0.25, 0.3) is 0 Å². The molecule has 0 aliphatic carbocycles. The molecule has 60 valence electrons. The summed E-state index contributed by atoms with van der Waals surface area (Å²) >= 11 is 0. The van der Waals surface area contributed by atoms with E-state index in [1.54, 1.807) is 5.70 Å². The summed E-state index contributed by atoms with van der Waals surface area (Å²) in [6.45, 7) is 8.59. The first-order valence-electron chi connectivity index (χ1n) is 3.48. The van der Waals surface area contributed by atoms with Crippen LogP contribution in [-0.2, 0) is 4.74 Å².